The van der Waals surface area contributed by atoms with Crippen molar-refractivity contribution >= 4 is 40.3 Å². The lowest BCUT2D eigenvalue weighted by molar-refractivity contribution is 0.0948. The van der Waals surface area contributed by atoms with Gasteiger partial charge in [0.1, 0.15) is 11.5 Å². The van der Waals surface area contributed by atoms with Crippen LogP contribution in [0.2, 0.25) is 0 Å². The lowest BCUT2D eigenvalue weighted by atomic mass is 10.2. The van der Waals surface area contributed by atoms with Crippen LogP contribution in [-0.2, 0) is 0 Å². The van der Waals surface area contributed by atoms with Crippen molar-refractivity contribution in [2.24, 2.45) is 0 Å². The van der Waals surface area contributed by atoms with Gasteiger partial charge in [0, 0.05) is 6.07 Å². The molecule has 0 atom stereocenters. The predicted molar refractivity (Wildman–Crippen MR) is 90.7 cm³/mol. The molecule has 6 nitrogen and oxygen atoms in total. The van der Waals surface area contributed by atoms with Gasteiger partial charge in [-0.2, -0.15) is 0 Å². The Morgan fingerprint density at radius 1 is 1.18 bits per heavy atom. The molecule has 1 aromatic carbocycles. The molecule has 0 fully saturated rings. The first kappa shape index (κ1) is 16.1. The summed E-state index contributed by atoms with van der Waals surface area (Å²) < 4.78 is 10.4. The van der Waals surface area contributed by atoms with Crippen LogP contribution in [0.3, 0.4) is 0 Å². The highest BCUT2D eigenvalue weighted by Crippen LogP contribution is 2.28. The highest BCUT2D eigenvalue weighted by Gasteiger charge is 2.09. The van der Waals surface area contributed by atoms with E-state index in [1.165, 1.54) is 11.3 Å². The highest BCUT2D eigenvalue weighted by atomic mass is 32.1. The van der Waals surface area contributed by atoms with Crippen molar-refractivity contribution in [2.75, 3.05) is 19.5 Å². The number of carbonyl (C=O) groups is 1. The van der Waals surface area contributed by atoms with Crippen LogP contribution in [0, 0.1) is 0 Å². The van der Waals surface area contributed by atoms with Crippen molar-refractivity contribution in [2.45, 2.75) is 0 Å². The van der Waals surface area contributed by atoms with Crippen LogP contribution in [0.4, 0.5) is 5.69 Å². The Hall–Kier alpha value is -2.32. The lowest BCUT2D eigenvalue weighted by Gasteiger charge is -2.14. The minimum Gasteiger partial charge on any atom is -0.497 e. The quantitative estimate of drug-likeness (QED) is 0.588. The normalized spacial score (nSPS) is 9.73. The average Bonchev–Trinajstić information content (AvgIpc) is 3.07. The number of rotatable bonds is 4. The van der Waals surface area contributed by atoms with Crippen molar-refractivity contribution in [1.29, 1.82) is 0 Å². The summed E-state index contributed by atoms with van der Waals surface area (Å²) in [4.78, 5) is 12.4. The second-order valence-corrected chi connectivity index (χ2v) is 5.43. The fraction of sp³-hybridized carbons (Fsp3) is 0.143. The molecule has 2 aromatic rings. The zero-order chi connectivity index (χ0) is 15.9. The number of amides is 1. The number of benzene rings is 1. The van der Waals surface area contributed by atoms with E-state index in [9.17, 15) is 4.79 Å². The Balaban J connectivity index is 1.95. The number of anilines is 1. The molecule has 1 aromatic heterocycles. The molecule has 1 heterocycles. The van der Waals surface area contributed by atoms with Gasteiger partial charge in [0.15, 0.2) is 5.11 Å². The van der Waals surface area contributed by atoms with Crippen LogP contribution < -0.4 is 25.6 Å². The largest absolute Gasteiger partial charge is 0.497 e. The molecular formula is C14H15N3O3S2. The maximum Gasteiger partial charge on any atom is 0.279 e. The molecule has 22 heavy (non-hydrogen) atoms. The molecular weight excluding hydrogens is 322 g/mol. The number of carbonyl (C=O) groups excluding carboxylic acids is 1. The zero-order valence-electron chi connectivity index (χ0n) is 12.0. The van der Waals surface area contributed by atoms with Gasteiger partial charge in [-0.25, -0.2) is 0 Å². The second kappa shape index (κ2) is 7.62. The molecule has 0 radical (unpaired) electrons. The third kappa shape index (κ3) is 4.09. The third-order valence-corrected chi connectivity index (χ3v) is 3.76. The van der Waals surface area contributed by atoms with Gasteiger partial charge >= 0.3 is 0 Å². The van der Waals surface area contributed by atoms with Gasteiger partial charge in [0.25, 0.3) is 5.91 Å². The minimum absolute atomic E-state index is 0.233. The molecule has 3 N–H and O–H groups in total. The lowest BCUT2D eigenvalue weighted by Crippen LogP contribution is -2.43. The Morgan fingerprint density at radius 2 is 2.00 bits per heavy atom. The molecule has 116 valence electrons. The van der Waals surface area contributed by atoms with E-state index in [4.69, 9.17) is 21.7 Å². The monoisotopic (exact) mass is 337 g/mol. The summed E-state index contributed by atoms with van der Waals surface area (Å²) in [6.45, 7) is 0. The van der Waals surface area contributed by atoms with E-state index < -0.39 is 0 Å². The first-order valence-electron chi connectivity index (χ1n) is 6.27. The molecule has 0 aliphatic carbocycles. The molecule has 0 unspecified atom stereocenters. The first-order valence-corrected chi connectivity index (χ1v) is 7.55. The topological polar surface area (TPSA) is 71.6 Å². The summed E-state index contributed by atoms with van der Waals surface area (Å²) in [5.74, 6) is 1.01. The van der Waals surface area contributed by atoms with Gasteiger partial charge in [0.05, 0.1) is 24.8 Å². The Bertz CT molecular complexity index is 659. The molecule has 0 bridgehead atoms. The van der Waals surface area contributed by atoms with Crippen molar-refractivity contribution in [3.8, 4) is 11.5 Å². The predicted octanol–water partition coefficient (Wildman–Crippen LogP) is 2.40. The SMILES string of the molecule is COc1ccc(OC)c(NC(=S)NNC(=O)c2cccs2)c1. The van der Waals surface area contributed by atoms with E-state index in [2.05, 4.69) is 16.2 Å². The summed E-state index contributed by atoms with van der Waals surface area (Å²) in [7, 11) is 3.13. The number of thiophene rings is 1. The molecule has 0 saturated carbocycles. The molecule has 0 saturated heterocycles. The van der Waals surface area contributed by atoms with Gasteiger partial charge in [-0.1, -0.05) is 6.07 Å². The smallest absolute Gasteiger partial charge is 0.279 e. The van der Waals surface area contributed by atoms with Gasteiger partial charge < -0.3 is 14.8 Å². The van der Waals surface area contributed by atoms with Gasteiger partial charge in [0.2, 0.25) is 0 Å². The van der Waals surface area contributed by atoms with E-state index in [1.807, 2.05) is 5.38 Å². The fourth-order valence-corrected chi connectivity index (χ4v) is 2.43. The summed E-state index contributed by atoms with van der Waals surface area (Å²) in [6.07, 6.45) is 0. The summed E-state index contributed by atoms with van der Waals surface area (Å²) in [5, 5.41) is 5.00. The Morgan fingerprint density at radius 3 is 2.64 bits per heavy atom. The van der Waals surface area contributed by atoms with Gasteiger partial charge in [-0.15, -0.1) is 11.3 Å². The number of methoxy groups -OCH3 is 2. The Labute approximate surface area is 137 Å². The van der Waals surface area contributed by atoms with Crippen LogP contribution in [0.25, 0.3) is 0 Å². The van der Waals surface area contributed by atoms with E-state index in [0.717, 1.165) is 0 Å². The first-order chi connectivity index (χ1) is 10.6. The molecule has 2 rings (SSSR count). The van der Waals surface area contributed by atoms with E-state index in [1.54, 1.807) is 44.6 Å². The zero-order valence-corrected chi connectivity index (χ0v) is 13.6. The minimum atomic E-state index is -0.253. The second-order valence-electron chi connectivity index (χ2n) is 4.08. The third-order valence-electron chi connectivity index (χ3n) is 2.69. The number of thiocarbonyl (C=S) groups is 1. The molecule has 1 amide bonds. The standard InChI is InChI=1S/C14H15N3O3S2/c1-19-9-5-6-11(20-2)10(8-9)15-14(21)17-16-13(18)12-4-3-7-22-12/h3-8H,1-2H3,(H,16,18)(H2,15,17,21). The van der Waals surface area contributed by atoms with E-state index in [-0.39, 0.29) is 11.0 Å². The number of hydrazine groups is 1. The summed E-state index contributed by atoms with van der Waals surface area (Å²) in [5.41, 5.74) is 5.79. The van der Waals surface area contributed by atoms with Gasteiger partial charge in [-0.3, -0.25) is 15.6 Å². The van der Waals surface area contributed by atoms with E-state index in [0.29, 0.717) is 22.1 Å². The molecule has 0 aliphatic rings. The maximum atomic E-state index is 11.8. The maximum absolute atomic E-state index is 11.8. The van der Waals surface area contributed by atoms with Crippen molar-refractivity contribution in [3.63, 3.8) is 0 Å². The Kier molecular flexibility index (Phi) is 5.56. The van der Waals surface area contributed by atoms with Crippen LogP contribution in [-0.4, -0.2) is 25.2 Å². The van der Waals surface area contributed by atoms with Crippen molar-refractivity contribution in [1.82, 2.24) is 10.9 Å². The average molecular weight is 337 g/mol. The number of hydrogen-bond donors (Lipinski definition) is 3. The van der Waals surface area contributed by atoms with Crippen LogP contribution in [0.15, 0.2) is 35.7 Å². The fourth-order valence-electron chi connectivity index (χ4n) is 1.65. The van der Waals surface area contributed by atoms with Gasteiger partial charge in [-0.05, 0) is 35.8 Å². The van der Waals surface area contributed by atoms with Crippen molar-refractivity contribution in [3.05, 3.63) is 40.6 Å². The number of ether oxygens (including phenoxy) is 2. The molecule has 0 aliphatic heterocycles. The highest BCUT2D eigenvalue weighted by molar-refractivity contribution is 7.80. The van der Waals surface area contributed by atoms with Crippen molar-refractivity contribution < 1.29 is 14.3 Å². The van der Waals surface area contributed by atoms with Crippen LogP contribution in [0.1, 0.15) is 9.67 Å². The summed E-state index contributed by atoms with van der Waals surface area (Å²) in [6, 6.07) is 8.81. The van der Waals surface area contributed by atoms with Crippen LogP contribution >= 0.6 is 23.6 Å². The summed E-state index contributed by atoms with van der Waals surface area (Å²) >= 11 is 6.49. The molecule has 8 heteroatoms. The van der Waals surface area contributed by atoms with Crippen LogP contribution in [0.5, 0.6) is 11.5 Å². The molecule has 0 spiro atoms. The number of nitrogens with one attached hydrogen (secondary N) is 3. The number of hydrogen-bond acceptors (Lipinski definition) is 5. The van der Waals surface area contributed by atoms with E-state index >= 15 is 0 Å².